The summed E-state index contributed by atoms with van der Waals surface area (Å²) < 4.78 is 32.2. The van der Waals surface area contributed by atoms with E-state index >= 15 is 0 Å². The molecule has 1 heterocycles. The quantitative estimate of drug-likeness (QED) is 0.571. The maximum atomic E-state index is 13.3. The first-order valence-electron chi connectivity index (χ1n) is 9.32. The number of sulfonamides is 1. The van der Waals surface area contributed by atoms with Crippen LogP contribution in [-0.4, -0.2) is 17.8 Å². The molecule has 0 amide bonds. The Bertz CT molecular complexity index is 1250. The SMILES string of the molecule is Cc1cc(Cl)c(C)c(S(=O)(=O)Nc2c(C(C)C)n(C)n(-c3ccccc3)c2=O)c1Cl. The van der Waals surface area contributed by atoms with Crippen molar-refractivity contribution >= 4 is 38.9 Å². The monoisotopic (exact) mass is 467 g/mol. The molecular weight excluding hydrogens is 445 g/mol. The Morgan fingerprint density at radius 1 is 1.07 bits per heavy atom. The summed E-state index contributed by atoms with van der Waals surface area (Å²) in [6.07, 6.45) is 0. The molecule has 0 radical (unpaired) electrons. The van der Waals surface area contributed by atoms with E-state index in [9.17, 15) is 13.2 Å². The van der Waals surface area contributed by atoms with Crippen LogP contribution < -0.4 is 10.3 Å². The molecule has 0 atom stereocenters. The van der Waals surface area contributed by atoms with Crippen molar-refractivity contribution < 1.29 is 8.42 Å². The number of hydrogen-bond donors (Lipinski definition) is 1. The van der Waals surface area contributed by atoms with Crippen molar-refractivity contribution in [3.63, 3.8) is 0 Å². The Hall–Kier alpha value is -2.22. The molecule has 0 fully saturated rings. The van der Waals surface area contributed by atoms with Gasteiger partial charge in [0.2, 0.25) is 0 Å². The summed E-state index contributed by atoms with van der Waals surface area (Å²) >= 11 is 12.5. The van der Waals surface area contributed by atoms with Crippen LogP contribution in [0.5, 0.6) is 0 Å². The molecule has 6 nitrogen and oxygen atoms in total. The van der Waals surface area contributed by atoms with Gasteiger partial charge in [0.15, 0.2) is 0 Å². The molecule has 3 aromatic rings. The van der Waals surface area contributed by atoms with Gasteiger partial charge in [0.25, 0.3) is 15.6 Å². The number of para-hydroxylation sites is 1. The van der Waals surface area contributed by atoms with E-state index in [1.165, 1.54) is 4.68 Å². The van der Waals surface area contributed by atoms with Crippen molar-refractivity contribution in [1.29, 1.82) is 0 Å². The van der Waals surface area contributed by atoms with E-state index in [0.29, 0.717) is 22.5 Å². The van der Waals surface area contributed by atoms with Gasteiger partial charge in [0.1, 0.15) is 10.6 Å². The van der Waals surface area contributed by atoms with Crippen molar-refractivity contribution in [3.8, 4) is 5.69 Å². The van der Waals surface area contributed by atoms with Crippen LogP contribution in [-0.2, 0) is 17.1 Å². The van der Waals surface area contributed by atoms with E-state index in [1.54, 1.807) is 43.8 Å². The third kappa shape index (κ3) is 3.77. The topological polar surface area (TPSA) is 73.1 Å². The second-order valence-corrected chi connectivity index (χ2v) is 9.84. The van der Waals surface area contributed by atoms with Gasteiger partial charge in [0.05, 0.1) is 16.4 Å². The number of anilines is 1. The maximum absolute atomic E-state index is 13.3. The highest BCUT2D eigenvalue weighted by Gasteiger charge is 2.29. The number of halogens is 2. The van der Waals surface area contributed by atoms with Crippen molar-refractivity contribution in [1.82, 2.24) is 9.36 Å². The number of aromatic nitrogens is 2. The number of rotatable bonds is 5. The number of aryl methyl sites for hydroxylation is 1. The van der Waals surface area contributed by atoms with E-state index in [0.717, 1.165) is 0 Å². The highest BCUT2D eigenvalue weighted by Crippen LogP contribution is 2.35. The molecule has 1 N–H and O–H groups in total. The highest BCUT2D eigenvalue weighted by molar-refractivity contribution is 7.93. The number of hydrogen-bond acceptors (Lipinski definition) is 3. The van der Waals surface area contributed by atoms with E-state index in [2.05, 4.69) is 4.72 Å². The Morgan fingerprint density at radius 2 is 1.67 bits per heavy atom. The lowest BCUT2D eigenvalue weighted by atomic mass is 10.1. The molecule has 3 rings (SSSR count). The lowest BCUT2D eigenvalue weighted by molar-refractivity contribution is 0.594. The molecule has 0 saturated carbocycles. The van der Waals surface area contributed by atoms with Gasteiger partial charge in [-0.3, -0.25) is 14.2 Å². The Labute approximate surface area is 186 Å². The third-order valence-electron chi connectivity index (χ3n) is 4.95. The zero-order valence-corrected chi connectivity index (χ0v) is 19.7. The standard InChI is InChI=1S/C21H23Cl2N3O3S/c1-12(2)19-18(21(27)26(25(19)5)15-9-7-6-8-10-15)24-30(28,29)20-14(4)16(22)11-13(3)17(20)23/h6-12,24H,1-5H3. The third-order valence-corrected chi connectivity index (χ3v) is 7.46. The zero-order valence-electron chi connectivity index (χ0n) is 17.3. The summed E-state index contributed by atoms with van der Waals surface area (Å²) in [5.41, 5.74) is 1.56. The van der Waals surface area contributed by atoms with E-state index in [4.69, 9.17) is 23.2 Å². The van der Waals surface area contributed by atoms with Gasteiger partial charge >= 0.3 is 0 Å². The Balaban J connectivity index is 2.25. The van der Waals surface area contributed by atoms with E-state index in [-0.39, 0.29) is 26.5 Å². The molecule has 0 unspecified atom stereocenters. The predicted molar refractivity (Wildman–Crippen MR) is 122 cm³/mol. The molecule has 9 heteroatoms. The fourth-order valence-electron chi connectivity index (χ4n) is 3.56. The largest absolute Gasteiger partial charge is 0.296 e. The van der Waals surface area contributed by atoms with Crippen LogP contribution in [0.2, 0.25) is 10.0 Å². The van der Waals surface area contributed by atoms with Crippen molar-refractivity contribution in [3.05, 3.63) is 73.6 Å². The lowest BCUT2D eigenvalue weighted by Gasteiger charge is -2.16. The summed E-state index contributed by atoms with van der Waals surface area (Å²) in [5, 5.41) is 0.367. The Kier molecular flexibility index (Phi) is 6.09. The van der Waals surface area contributed by atoms with Crippen molar-refractivity contribution in [2.75, 3.05) is 4.72 Å². The van der Waals surface area contributed by atoms with Gasteiger partial charge in [-0.25, -0.2) is 13.1 Å². The minimum atomic E-state index is -4.18. The summed E-state index contributed by atoms with van der Waals surface area (Å²) in [6.45, 7) is 7.04. The average molecular weight is 468 g/mol. The van der Waals surface area contributed by atoms with Crippen LogP contribution in [0.3, 0.4) is 0 Å². The molecule has 0 saturated heterocycles. The summed E-state index contributed by atoms with van der Waals surface area (Å²) in [5.74, 6) is -0.122. The molecular formula is C21H23Cl2N3O3S. The van der Waals surface area contributed by atoms with Crippen LogP contribution in [0.1, 0.15) is 36.6 Å². The van der Waals surface area contributed by atoms with Crippen LogP contribution >= 0.6 is 23.2 Å². The van der Waals surface area contributed by atoms with Crippen molar-refractivity contribution in [2.45, 2.75) is 38.5 Å². The molecule has 1 aromatic heterocycles. The number of benzene rings is 2. The minimum absolute atomic E-state index is 0.00977. The van der Waals surface area contributed by atoms with Crippen LogP contribution in [0.15, 0.2) is 46.1 Å². The molecule has 2 aromatic carbocycles. The lowest BCUT2D eigenvalue weighted by Crippen LogP contribution is -2.23. The summed E-state index contributed by atoms with van der Waals surface area (Å²) in [6, 6.07) is 10.6. The van der Waals surface area contributed by atoms with Gasteiger partial charge in [-0.1, -0.05) is 55.2 Å². The smallest absolute Gasteiger partial charge is 0.283 e. The number of nitrogens with zero attached hydrogens (tertiary/aromatic N) is 2. The van der Waals surface area contributed by atoms with E-state index < -0.39 is 15.6 Å². The molecule has 0 spiro atoms. The average Bonchev–Trinajstić information content (AvgIpc) is 2.90. The first-order chi connectivity index (χ1) is 14.0. The fraction of sp³-hybridized carbons (Fsp3) is 0.286. The van der Waals surface area contributed by atoms with Gasteiger partial charge in [0, 0.05) is 12.1 Å². The number of nitrogens with one attached hydrogen (secondary N) is 1. The van der Waals surface area contributed by atoms with Crippen LogP contribution in [0.4, 0.5) is 5.69 Å². The molecule has 160 valence electrons. The second kappa shape index (κ2) is 8.13. The predicted octanol–water partition coefficient (Wildman–Crippen LogP) is 5.02. The second-order valence-electron chi connectivity index (χ2n) is 7.44. The first-order valence-corrected chi connectivity index (χ1v) is 11.6. The van der Waals surface area contributed by atoms with Crippen molar-refractivity contribution in [2.24, 2.45) is 7.05 Å². The molecule has 0 aliphatic rings. The van der Waals surface area contributed by atoms with Crippen LogP contribution in [0, 0.1) is 13.8 Å². The maximum Gasteiger partial charge on any atom is 0.296 e. The molecule has 30 heavy (non-hydrogen) atoms. The summed E-state index contributed by atoms with van der Waals surface area (Å²) in [4.78, 5) is 13.2. The van der Waals surface area contributed by atoms with Gasteiger partial charge in [-0.15, -0.1) is 0 Å². The van der Waals surface area contributed by atoms with Gasteiger partial charge in [-0.2, -0.15) is 0 Å². The normalized spacial score (nSPS) is 11.9. The van der Waals surface area contributed by atoms with Gasteiger partial charge < -0.3 is 0 Å². The fourth-order valence-corrected chi connectivity index (χ4v) is 5.85. The zero-order chi connectivity index (χ0) is 22.4. The Morgan fingerprint density at radius 3 is 2.23 bits per heavy atom. The van der Waals surface area contributed by atoms with E-state index in [1.807, 2.05) is 32.0 Å². The molecule has 0 aliphatic carbocycles. The molecule has 0 bridgehead atoms. The molecule has 0 aliphatic heterocycles. The highest BCUT2D eigenvalue weighted by atomic mass is 35.5. The van der Waals surface area contributed by atoms with Crippen LogP contribution in [0.25, 0.3) is 5.69 Å². The first kappa shape index (κ1) is 22.5. The minimum Gasteiger partial charge on any atom is -0.283 e. The summed E-state index contributed by atoms with van der Waals surface area (Å²) in [7, 11) is -2.45. The van der Waals surface area contributed by atoms with Gasteiger partial charge in [-0.05, 0) is 49.1 Å².